The molecule has 5 nitrogen and oxygen atoms in total. The van der Waals surface area contributed by atoms with Gasteiger partial charge in [-0.15, -0.1) is 0 Å². The predicted octanol–water partition coefficient (Wildman–Crippen LogP) is 0.867. The number of nitrogens with one attached hydrogen (secondary N) is 1. The fourth-order valence-electron chi connectivity index (χ4n) is 2.44. The van der Waals surface area contributed by atoms with Crippen molar-refractivity contribution in [1.29, 1.82) is 0 Å². The molecule has 2 amide bonds. The number of benzene rings is 1. The Morgan fingerprint density at radius 3 is 2.79 bits per heavy atom. The first-order valence-corrected chi connectivity index (χ1v) is 6.49. The van der Waals surface area contributed by atoms with E-state index in [0.717, 1.165) is 12.8 Å². The molecular weight excluding hydrogens is 242 g/mol. The van der Waals surface area contributed by atoms with Gasteiger partial charge in [0.25, 0.3) is 5.91 Å². The van der Waals surface area contributed by atoms with Crippen LogP contribution in [0.25, 0.3) is 0 Å². The van der Waals surface area contributed by atoms with E-state index >= 15 is 0 Å². The molecule has 0 aromatic heterocycles. The molecule has 1 atom stereocenters. The van der Waals surface area contributed by atoms with Crippen LogP contribution >= 0.6 is 0 Å². The zero-order chi connectivity index (χ0) is 13.8. The lowest BCUT2D eigenvalue weighted by molar-refractivity contribution is -0.125. The van der Waals surface area contributed by atoms with Crippen LogP contribution in [-0.2, 0) is 4.79 Å². The van der Waals surface area contributed by atoms with Crippen LogP contribution in [0.1, 0.15) is 23.2 Å². The van der Waals surface area contributed by atoms with Crippen LogP contribution in [0.3, 0.4) is 0 Å². The molecule has 1 aromatic rings. The number of para-hydroxylation sites is 1. The molecule has 1 aromatic carbocycles. The molecular formula is C14H19N3O2. The highest BCUT2D eigenvalue weighted by Gasteiger charge is 2.28. The van der Waals surface area contributed by atoms with E-state index in [1.165, 1.54) is 0 Å². The van der Waals surface area contributed by atoms with Gasteiger partial charge >= 0.3 is 0 Å². The third-order valence-corrected chi connectivity index (χ3v) is 3.52. The van der Waals surface area contributed by atoms with E-state index in [4.69, 9.17) is 5.73 Å². The Hall–Kier alpha value is -2.04. The number of nitrogens with two attached hydrogens (primary N) is 1. The summed E-state index contributed by atoms with van der Waals surface area (Å²) in [5.41, 5.74) is 6.82. The summed E-state index contributed by atoms with van der Waals surface area (Å²) in [7, 11) is 1.62. The number of amides is 2. The van der Waals surface area contributed by atoms with E-state index in [9.17, 15) is 9.59 Å². The molecule has 1 aliphatic heterocycles. The maximum atomic E-state index is 12.4. The summed E-state index contributed by atoms with van der Waals surface area (Å²) in [6, 6.07) is 7.04. The van der Waals surface area contributed by atoms with Crippen LogP contribution in [0.2, 0.25) is 0 Å². The highest BCUT2D eigenvalue weighted by molar-refractivity contribution is 5.99. The largest absolute Gasteiger partial charge is 0.398 e. The van der Waals surface area contributed by atoms with Crippen LogP contribution < -0.4 is 11.1 Å². The van der Waals surface area contributed by atoms with Gasteiger partial charge in [0.2, 0.25) is 5.91 Å². The molecule has 102 valence electrons. The van der Waals surface area contributed by atoms with E-state index in [1.807, 2.05) is 0 Å². The van der Waals surface area contributed by atoms with E-state index in [2.05, 4.69) is 5.32 Å². The molecule has 0 aliphatic carbocycles. The normalized spacial score (nSPS) is 19.0. The van der Waals surface area contributed by atoms with Crippen molar-refractivity contribution in [3.8, 4) is 0 Å². The molecule has 1 saturated heterocycles. The number of nitrogens with zero attached hydrogens (tertiary/aromatic N) is 1. The monoisotopic (exact) mass is 261 g/mol. The summed E-state index contributed by atoms with van der Waals surface area (Å²) in [5.74, 6) is -0.210. The van der Waals surface area contributed by atoms with Crippen LogP contribution in [0.15, 0.2) is 24.3 Å². The molecule has 0 saturated carbocycles. The molecule has 0 radical (unpaired) electrons. The van der Waals surface area contributed by atoms with Crippen molar-refractivity contribution in [2.75, 3.05) is 25.9 Å². The first-order chi connectivity index (χ1) is 9.13. The van der Waals surface area contributed by atoms with E-state index in [1.54, 1.807) is 36.2 Å². The minimum Gasteiger partial charge on any atom is -0.398 e. The third kappa shape index (κ3) is 2.86. The van der Waals surface area contributed by atoms with Gasteiger partial charge in [0.05, 0.1) is 11.5 Å². The number of hydrogen-bond donors (Lipinski definition) is 2. The second-order valence-corrected chi connectivity index (χ2v) is 4.79. The summed E-state index contributed by atoms with van der Waals surface area (Å²) in [6.07, 6.45) is 1.67. The van der Waals surface area contributed by atoms with Crippen molar-refractivity contribution >= 4 is 17.5 Å². The molecule has 1 heterocycles. The minimum atomic E-state index is -0.118. The smallest absolute Gasteiger partial charge is 0.255 e. The van der Waals surface area contributed by atoms with Crippen LogP contribution in [-0.4, -0.2) is 36.9 Å². The molecule has 2 rings (SSSR count). The Balaban J connectivity index is 2.11. The van der Waals surface area contributed by atoms with Crippen molar-refractivity contribution in [1.82, 2.24) is 10.2 Å². The first kappa shape index (κ1) is 13.4. The van der Waals surface area contributed by atoms with Gasteiger partial charge in [0, 0.05) is 25.8 Å². The van der Waals surface area contributed by atoms with Crippen molar-refractivity contribution < 1.29 is 9.59 Å². The van der Waals surface area contributed by atoms with Crippen LogP contribution in [0.4, 0.5) is 5.69 Å². The van der Waals surface area contributed by atoms with E-state index < -0.39 is 0 Å². The number of piperidine rings is 1. The van der Waals surface area contributed by atoms with E-state index in [0.29, 0.717) is 24.3 Å². The number of hydrogen-bond acceptors (Lipinski definition) is 3. The topological polar surface area (TPSA) is 75.4 Å². The lowest BCUT2D eigenvalue weighted by Gasteiger charge is -2.32. The summed E-state index contributed by atoms with van der Waals surface area (Å²) in [5, 5.41) is 2.64. The number of anilines is 1. The molecule has 1 unspecified atom stereocenters. The van der Waals surface area contributed by atoms with E-state index in [-0.39, 0.29) is 17.7 Å². The molecule has 3 N–H and O–H groups in total. The maximum Gasteiger partial charge on any atom is 0.255 e. The molecule has 19 heavy (non-hydrogen) atoms. The van der Waals surface area contributed by atoms with Crippen LogP contribution in [0.5, 0.6) is 0 Å². The zero-order valence-corrected chi connectivity index (χ0v) is 11.1. The number of carbonyl (C=O) groups excluding carboxylic acids is 2. The van der Waals surface area contributed by atoms with Crippen molar-refractivity contribution in [3.63, 3.8) is 0 Å². The fourth-order valence-corrected chi connectivity index (χ4v) is 2.44. The summed E-state index contributed by atoms with van der Waals surface area (Å²) >= 11 is 0. The first-order valence-electron chi connectivity index (χ1n) is 6.49. The highest BCUT2D eigenvalue weighted by Crippen LogP contribution is 2.20. The van der Waals surface area contributed by atoms with Gasteiger partial charge in [-0.25, -0.2) is 0 Å². The summed E-state index contributed by atoms with van der Waals surface area (Å²) in [6.45, 7) is 1.15. The van der Waals surface area contributed by atoms with Gasteiger partial charge in [-0.3, -0.25) is 9.59 Å². The Morgan fingerprint density at radius 2 is 2.11 bits per heavy atom. The number of nitrogen functional groups attached to an aromatic ring is 1. The van der Waals surface area contributed by atoms with Gasteiger partial charge in [-0.2, -0.15) is 0 Å². The number of likely N-dealkylation sites (tertiary alicyclic amines) is 1. The summed E-state index contributed by atoms with van der Waals surface area (Å²) in [4.78, 5) is 25.8. The van der Waals surface area contributed by atoms with Gasteiger partial charge in [-0.05, 0) is 25.0 Å². The average Bonchev–Trinajstić information content (AvgIpc) is 2.46. The second-order valence-electron chi connectivity index (χ2n) is 4.79. The van der Waals surface area contributed by atoms with Gasteiger partial charge in [0.15, 0.2) is 0 Å². The molecule has 1 aliphatic rings. The van der Waals surface area contributed by atoms with Crippen molar-refractivity contribution in [3.05, 3.63) is 29.8 Å². The molecule has 0 bridgehead atoms. The zero-order valence-electron chi connectivity index (χ0n) is 11.1. The Morgan fingerprint density at radius 1 is 1.37 bits per heavy atom. The van der Waals surface area contributed by atoms with Crippen molar-refractivity contribution in [2.45, 2.75) is 12.8 Å². The quantitative estimate of drug-likeness (QED) is 0.776. The van der Waals surface area contributed by atoms with Gasteiger partial charge < -0.3 is 16.0 Å². The SMILES string of the molecule is CNC(=O)C1CCCN(C(=O)c2ccccc2N)C1. The second kappa shape index (κ2) is 5.73. The third-order valence-electron chi connectivity index (χ3n) is 3.52. The molecule has 1 fully saturated rings. The Kier molecular flexibility index (Phi) is 4.04. The fraction of sp³-hybridized carbons (Fsp3) is 0.429. The summed E-state index contributed by atoms with van der Waals surface area (Å²) < 4.78 is 0. The Bertz CT molecular complexity index is 487. The predicted molar refractivity (Wildman–Crippen MR) is 73.5 cm³/mol. The highest BCUT2D eigenvalue weighted by atomic mass is 16.2. The molecule has 0 spiro atoms. The van der Waals surface area contributed by atoms with Crippen molar-refractivity contribution in [2.24, 2.45) is 5.92 Å². The lowest BCUT2D eigenvalue weighted by atomic mass is 9.96. The standard InChI is InChI=1S/C14H19N3O2/c1-16-13(18)10-5-4-8-17(9-10)14(19)11-6-2-3-7-12(11)15/h2-3,6-7,10H,4-5,8-9,15H2,1H3,(H,16,18). The number of rotatable bonds is 2. The maximum absolute atomic E-state index is 12.4. The molecule has 5 heteroatoms. The van der Waals surface area contributed by atoms with Gasteiger partial charge in [0.1, 0.15) is 0 Å². The minimum absolute atomic E-state index is 0.00136. The lowest BCUT2D eigenvalue weighted by Crippen LogP contribution is -2.44. The van der Waals surface area contributed by atoms with Crippen LogP contribution in [0, 0.1) is 5.92 Å². The van der Waals surface area contributed by atoms with Gasteiger partial charge in [-0.1, -0.05) is 12.1 Å². The average molecular weight is 261 g/mol. The number of carbonyl (C=O) groups is 2. The Labute approximate surface area is 112 Å².